The number of hydrogen-bond donors (Lipinski definition) is 1. The van der Waals surface area contributed by atoms with Gasteiger partial charge in [0.25, 0.3) is 0 Å². The van der Waals surface area contributed by atoms with Crippen molar-refractivity contribution in [2.75, 3.05) is 11.9 Å². The largest absolute Gasteiger partial charge is 0.362 e. The smallest absolute Gasteiger partial charge is 0.183 e. The van der Waals surface area contributed by atoms with Gasteiger partial charge in [-0.3, -0.25) is 0 Å². The first kappa shape index (κ1) is 11.2. The van der Waals surface area contributed by atoms with E-state index in [9.17, 15) is 0 Å². The van der Waals surface area contributed by atoms with Gasteiger partial charge in [-0.2, -0.15) is 0 Å². The number of rotatable bonds is 3. The maximum Gasteiger partial charge on any atom is 0.183 e. The van der Waals surface area contributed by atoms with Crippen LogP contribution in [0.15, 0.2) is 48.7 Å². The van der Waals surface area contributed by atoms with Gasteiger partial charge >= 0.3 is 0 Å². The molecule has 90 valence electrons. The van der Waals surface area contributed by atoms with E-state index in [4.69, 9.17) is 0 Å². The Morgan fingerprint density at radius 1 is 1.11 bits per heavy atom. The maximum absolute atomic E-state index is 4.40. The quantitative estimate of drug-likeness (QED) is 0.749. The van der Waals surface area contributed by atoms with Crippen LogP contribution in [0.5, 0.6) is 0 Å². The second-order valence-electron chi connectivity index (χ2n) is 4.09. The minimum Gasteiger partial charge on any atom is -0.362 e. The minimum absolute atomic E-state index is 0.905. The maximum atomic E-state index is 4.40. The van der Waals surface area contributed by atoms with Crippen molar-refractivity contribution in [2.24, 2.45) is 0 Å². The second kappa shape index (κ2) is 4.78. The molecule has 0 saturated carbocycles. The fraction of sp³-hybridized carbons (Fsp3) is 0.133. The van der Waals surface area contributed by atoms with E-state index in [1.54, 1.807) is 11.3 Å². The van der Waals surface area contributed by atoms with Crippen LogP contribution < -0.4 is 5.32 Å². The summed E-state index contributed by atoms with van der Waals surface area (Å²) in [7, 11) is 0. The molecular weight excluding hydrogens is 240 g/mol. The van der Waals surface area contributed by atoms with Crippen molar-refractivity contribution in [1.82, 2.24) is 4.98 Å². The molecule has 1 aromatic heterocycles. The molecule has 0 saturated heterocycles. The Morgan fingerprint density at radius 3 is 2.83 bits per heavy atom. The molecule has 0 bridgehead atoms. The molecule has 0 amide bonds. The van der Waals surface area contributed by atoms with E-state index in [2.05, 4.69) is 59.7 Å². The molecule has 0 unspecified atom stereocenters. The molecule has 0 atom stereocenters. The Hall–Kier alpha value is -1.87. The van der Waals surface area contributed by atoms with Gasteiger partial charge in [-0.1, -0.05) is 53.8 Å². The van der Waals surface area contributed by atoms with Crippen LogP contribution in [0.3, 0.4) is 0 Å². The van der Waals surface area contributed by atoms with E-state index in [1.165, 1.54) is 21.2 Å². The van der Waals surface area contributed by atoms with Gasteiger partial charge in [0, 0.05) is 18.3 Å². The predicted molar refractivity (Wildman–Crippen MR) is 79.2 cm³/mol. The van der Waals surface area contributed by atoms with E-state index in [0.717, 1.165) is 11.7 Å². The molecule has 3 rings (SSSR count). The van der Waals surface area contributed by atoms with Gasteiger partial charge in [0.05, 0.1) is 4.88 Å². The average molecular weight is 254 g/mol. The summed E-state index contributed by atoms with van der Waals surface area (Å²) in [4.78, 5) is 5.61. The van der Waals surface area contributed by atoms with Crippen molar-refractivity contribution in [2.45, 2.75) is 6.92 Å². The lowest BCUT2D eigenvalue weighted by Gasteiger charge is -2.03. The molecule has 2 aromatic carbocycles. The van der Waals surface area contributed by atoms with Crippen LogP contribution in [0.1, 0.15) is 6.92 Å². The molecule has 0 aliphatic carbocycles. The van der Waals surface area contributed by atoms with Crippen molar-refractivity contribution >= 4 is 27.2 Å². The molecule has 0 fully saturated rings. The van der Waals surface area contributed by atoms with Gasteiger partial charge in [0.1, 0.15) is 0 Å². The number of hydrogen-bond acceptors (Lipinski definition) is 3. The van der Waals surface area contributed by atoms with Crippen LogP contribution in [0, 0.1) is 0 Å². The Labute approximate surface area is 110 Å². The Balaban J connectivity index is 2.12. The Bertz CT molecular complexity index is 668. The molecule has 0 radical (unpaired) electrons. The Kier molecular flexibility index (Phi) is 2.99. The minimum atomic E-state index is 0.905. The zero-order valence-electron chi connectivity index (χ0n) is 10.2. The normalized spacial score (nSPS) is 10.7. The molecule has 3 heteroatoms. The monoisotopic (exact) mass is 254 g/mol. The lowest BCUT2D eigenvalue weighted by molar-refractivity contribution is 1.19. The zero-order valence-corrected chi connectivity index (χ0v) is 11.0. The van der Waals surface area contributed by atoms with Crippen LogP contribution in [0.25, 0.3) is 21.2 Å². The number of nitrogens with one attached hydrogen (secondary N) is 1. The van der Waals surface area contributed by atoms with Gasteiger partial charge in [-0.15, -0.1) is 0 Å². The summed E-state index contributed by atoms with van der Waals surface area (Å²) in [6, 6.07) is 14.9. The molecule has 1 N–H and O–H groups in total. The van der Waals surface area contributed by atoms with E-state index in [0.29, 0.717) is 0 Å². The second-order valence-corrected chi connectivity index (χ2v) is 5.12. The third-order valence-electron chi connectivity index (χ3n) is 2.89. The van der Waals surface area contributed by atoms with E-state index in [1.807, 2.05) is 6.20 Å². The average Bonchev–Trinajstić information content (AvgIpc) is 2.87. The van der Waals surface area contributed by atoms with Crippen LogP contribution in [-0.2, 0) is 0 Å². The number of anilines is 1. The molecular formula is C15H14N2S. The standard InChI is InChI=1S/C15H14N2S/c1-2-16-15-17-10-14(18-15)13-9-5-7-11-6-3-4-8-12(11)13/h3-10H,2H2,1H3,(H,16,17). The van der Waals surface area contributed by atoms with Gasteiger partial charge in [-0.05, 0) is 17.7 Å². The first-order valence-electron chi connectivity index (χ1n) is 6.06. The van der Waals surface area contributed by atoms with Gasteiger partial charge in [0.2, 0.25) is 0 Å². The highest BCUT2D eigenvalue weighted by Gasteiger charge is 2.07. The van der Waals surface area contributed by atoms with E-state index in [-0.39, 0.29) is 0 Å². The third-order valence-corrected chi connectivity index (χ3v) is 3.88. The Morgan fingerprint density at radius 2 is 1.94 bits per heavy atom. The molecule has 0 spiro atoms. The van der Waals surface area contributed by atoms with Crippen LogP contribution in [0.2, 0.25) is 0 Å². The summed E-state index contributed by atoms with van der Waals surface area (Å²) in [6.45, 7) is 2.99. The summed E-state index contributed by atoms with van der Waals surface area (Å²) in [5.41, 5.74) is 1.26. The SMILES string of the molecule is CCNc1ncc(-c2cccc3ccccc23)s1. The van der Waals surface area contributed by atoms with Crippen molar-refractivity contribution in [3.8, 4) is 10.4 Å². The third kappa shape index (κ3) is 1.97. The van der Waals surface area contributed by atoms with Crippen LogP contribution in [-0.4, -0.2) is 11.5 Å². The molecule has 0 aliphatic rings. The fourth-order valence-corrected chi connectivity index (χ4v) is 3.00. The first-order valence-corrected chi connectivity index (χ1v) is 6.88. The summed E-state index contributed by atoms with van der Waals surface area (Å²) < 4.78 is 0. The van der Waals surface area contributed by atoms with Crippen LogP contribution in [0.4, 0.5) is 5.13 Å². The summed E-state index contributed by atoms with van der Waals surface area (Å²) >= 11 is 1.70. The number of nitrogens with zero attached hydrogens (tertiary/aromatic N) is 1. The number of benzene rings is 2. The lowest BCUT2D eigenvalue weighted by atomic mass is 10.0. The summed E-state index contributed by atoms with van der Waals surface area (Å²) in [5.74, 6) is 0. The molecule has 2 nitrogen and oxygen atoms in total. The highest BCUT2D eigenvalue weighted by Crippen LogP contribution is 2.33. The molecule has 18 heavy (non-hydrogen) atoms. The number of fused-ring (bicyclic) bond motifs is 1. The molecule has 0 aliphatic heterocycles. The van der Waals surface area contributed by atoms with Crippen molar-refractivity contribution in [3.05, 3.63) is 48.7 Å². The summed E-state index contributed by atoms with van der Waals surface area (Å²) in [6.07, 6.45) is 1.95. The number of aromatic nitrogens is 1. The molecule has 1 heterocycles. The van der Waals surface area contributed by atoms with E-state index < -0.39 is 0 Å². The number of thiazole rings is 1. The highest BCUT2D eigenvalue weighted by atomic mass is 32.1. The highest BCUT2D eigenvalue weighted by molar-refractivity contribution is 7.19. The van der Waals surface area contributed by atoms with Gasteiger partial charge in [-0.25, -0.2) is 4.98 Å². The topological polar surface area (TPSA) is 24.9 Å². The van der Waals surface area contributed by atoms with Gasteiger partial charge in [0.15, 0.2) is 5.13 Å². The van der Waals surface area contributed by atoms with Crippen molar-refractivity contribution < 1.29 is 0 Å². The van der Waals surface area contributed by atoms with Gasteiger partial charge < -0.3 is 5.32 Å². The van der Waals surface area contributed by atoms with Crippen molar-refractivity contribution in [1.29, 1.82) is 0 Å². The molecule has 3 aromatic rings. The zero-order chi connectivity index (χ0) is 12.4. The van der Waals surface area contributed by atoms with E-state index >= 15 is 0 Å². The summed E-state index contributed by atoms with van der Waals surface area (Å²) in [5, 5.41) is 6.80. The lowest BCUT2D eigenvalue weighted by Crippen LogP contribution is -1.94. The first-order chi connectivity index (χ1) is 8.88. The fourth-order valence-electron chi connectivity index (χ4n) is 2.07. The van der Waals surface area contributed by atoms with Crippen LogP contribution >= 0.6 is 11.3 Å². The van der Waals surface area contributed by atoms with Crippen molar-refractivity contribution in [3.63, 3.8) is 0 Å². The predicted octanol–water partition coefficient (Wildman–Crippen LogP) is 4.40.